The van der Waals surface area contributed by atoms with Crippen molar-refractivity contribution in [3.8, 4) is 0 Å². The van der Waals surface area contributed by atoms with Gasteiger partial charge in [-0.05, 0) is 36.0 Å². The van der Waals surface area contributed by atoms with Gasteiger partial charge in [0.1, 0.15) is 0 Å². The van der Waals surface area contributed by atoms with Gasteiger partial charge in [-0.2, -0.15) is 0 Å². The van der Waals surface area contributed by atoms with E-state index in [1.165, 1.54) is 0 Å². The number of carboxylic acid groups (broad SMARTS) is 1. The minimum Gasteiger partial charge on any atom is -0.465 e. The quantitative estimate of drug-likeness (QED) is 0.755. The second kappa shape index (κ2) is 7.45. The summed E-state index contributed by atoms with van der Waals surface area (Å²) in [6.45, 7) is 9.24. The third-order valence-electron chi connectivity index (χ3n) is 3.57. The van der Waals surface area contributed by atoms with Crippen LogP contribution in [0.4, 0.5) is 4.79 Å². The highest BCUT2D eigenvalue weighted by Crippen LogP contribution is 2.28. The van der Waals surface area contributed by atoms with Crippen LogP contribution in [0.1, 0.15) is 37.5 Å². The Balaban J connectivity index is 3.57. The summed E-state index contributed by atoms with van der Waals surface area (Å²) in [4.78, 5) is 11.1. The minimum absolute atomic E-state index is 0.230. The Morgan fingerprint density at radius 2 is 1.73 bits per heavy atom. The number of amides is 1. The molecule has 1 aromatic carbocycles. The number of benzene rings is 1. The first-order valence-corrected chi connectivity index (χ1v) is 8.86. The Kier molecular flexibility index (Phi) is 6.17. The van der Waals surface area contributed by atoms with E-state index in [-0.39, 0.29) is 4.90 Å². The maximum absolute atomic E-state index is 12.9. The molecule has 1 atom stereocenters. The summed E-state index contributed by atoms with van der Waals surface area (Å²) in [5.41, 5.74) is 2.51. The van der Waals surface area contributed by atoms with Gasteiger partial charge >= 0.3 is 6.09 Å². The molecule has 0 aliphatic rings. The highest BCUT2D eigenvalue weighted by Gasteiger charge is 2.30. The standard InChI is InChI=1S/C16H23NO4S/c1-5-11-9-12(6-2)15(13(7-3)10-11)22(20,21)14(8-4)17-16(18)19/h8-10,14,17H,4-7H2,1-3H3,(H,18,19). The molecule has 0 radical (unpaired) electrons. The molecule has 6 heteroatoms. The summed E-state index contributed by atoms with van der Waals surface area (Å²) < 4.78 is 25.7. The van der Waals surface area contributed by atoms with Gasteiger partial charge in [0.25, 0.3) is 0 Å². The van der Waals surface area contributed by atoms with Crippen molar-refractivity contribution in [2.45, 2.75) is 50.3 Å². The number of hydrogen-bond acceptors (Lipinski definition) is 3. The molecule has 1 amide bonds. The van der Waals surface area contributed by atoms with Gasteiger partial charge < -0.3 is 10.4 Å². The van der Waals surface area contributed by atoms with Crippen LogP contribution in [0.5, 0.6) is 0 Å². The molecule has 0 aliphatic carbocycles. The summed E-state index contributed by atoms with van der Waals surface area (Å²) in [6.07, 6.45) is 1.66. The van der Waals surface area contributed by atoms with Gasteiger partial charge in [-0.3, -0.25) is 0 Å². The van der Waals surface area contributed by atoms with Gasteiger partial charge in [0.15, 0.2) is 5.37 Å². The maximum Gasteiger partial charge on any atom is 0.405 e. The fourth-order valence-corrected chi connectivity index (χ4v) is 4.33. The zero-order valence-corrected chi connectivity index (χ0v) is 14.0. The molecule has 1 unspecified atom stereocenters. The zero-order valence-electron chi connectivity index (χ0n) is 13.2. The molecular formula is C16H23NO4S. The lowest BCUT2D eigenvalue weighted by Crippen LogP contribution is -2.39. The largest absolute Gasteiger partial charge is 0.465 e. The van der Waals surface area contributed by atoms with Crippen molar-refractivity contribution in [2.24, 2.45) is 0 Å². The number of carbonyl (C=O) groups is 1. The van der Waals surface area contributed by atoms with E-state index < -0.39 is 21.3 Å². The maximum atomic E-state index is 12.9. The first kappa shape index (κ1) is 18.2. The molecule has 0 fully saturated rings. The van der Waals surface area contributed by atoms with Gasteiger partial charge in [-0.15, -0.1) is 0 Å². The van der Waals surface area contributed by atoms with Gasteiger partial charge in [0.2, 0.25) is 9.84 Å². The molecule has 0 saturated heterocycles. The topological polar surface area (TPSA) is 83.5 Å². The predicted molar refractivity (Wildman–Crippen MR) is 86.9 cm³/mol. The van der Waals surface area contributed by atoms with E-state index in [1.807, 2.05) is 38.2 Å². The first-order chi connectivity index (χ1) is 10.3. The number of rotatable bonds is 7. The molecule has 0 heterocycles. The summed E-state index contributed by atoms with van der Waals surface area (Å²) in [5, 5.41) is 9.49. The van der Waals surface area contributed by atoms with Crippen LogP contribution in [0, 0.1) is 0 Å². The molecule has 0 spiro atoms. The van der Waals surface area contributed by atoms with E-state index in [0.29, 0.717) is 12.8 Å². The number of sulfone groups is 1. The van der Waals surface area contributed by atoms with Crippen LogP contribution in [-0.2, 0) is 29.1 Å². The van der Waals surface area contributed by atoms with Crippen molar-refractivity contribution in [1.29, 1.82) is 0 Å². The summed E-state index contributed by atoms with van der Waals surface area (Å²) in [6, 6.07) is 3.76. The van der Waals surface area contributed by atoms with E-state index in [1.54, 1.807) is 0 Å². The summed E-state index contributed by atoms with van der Waals surface area (Å²) >= 11 is 0. The normalized spacial score (nSPS) is 12.7. The van der Waals surface area contributed by atoms with Gasteiger partial charge in [-0.25, -0.2) is 13.2 Å². The van der Waals surface area contributed by atoms with Crippen LogP contribution in [0.2, 0.25) is 0 Å². The van der Waals surface area contributed by atoms with Crippen molar-refractivity contribution >= 4 is 15.9 Å². The second-order valence-corrected chi connectivity index (χ2v) is 6.96. The highest BCUT2D eigenvalue weighted by molar-refractivity contribution is 7.92. The monoisotopic (exact) mass is 325 g/mol. The molecule has 122 valence electrons. The summed E-state index contributed by atoms with van der Waals surface area (Å²) in [7, 11) is -3.87. The molecule has 1 aromatic rings. The van der Waals surface area contributed by atoms with Gasteiger partial charge in [0.05, 0.1) is 4.90 Å². The molecular weight excluding hydrogens is 302 g/mol. The third kappa shape index (κ3) is 3.68. The van der Waals surface area contributed by atoms with E-state index >= 15 is 0 Å². The lowest BCUT2D eigenvalue weighted by atomic mass is 10.0. The third-order valence-corrected chi connectivity index (χ3v) is 5.64. The van der Waals surface area contributed by atoms with Crippen LogP contribution < -0.4 is 5.32 Å². The van der Waals surface area contributed by atoms with Crippen molar-refractivity contribution in [3.63, 3.8) is 0 Å². The Hall–Kier alpha value is -1.82. The minimum atomic E-state index is -3.87. The van der Waals surface area contributed by atoms with Gasteiger partial charge in [-0.1, -0.05) is 45.6 Å². The molecule has 0 aliphatic heterocycles. The Bertz CT molecular complexity index is 640. The van der Waals surface area contributed by atoms with E-state index in [9.17, 15) is 13.2 Å². The fourth-order valence-electron chi connectivity index (χ4n) is 2.43. The molecule has 5 nitrogen and oxygen atoms in total. The summed E-state index contributed by atoms with van der Waals surface area (Å²) in [5.74, 6) is 0. The number of hydrogen-bond donors (Lipinski definition) is 2. The van der Waals surface area contributed by atoms with Gasteiger partial charge in [0, 0.05) is 0 Å². The Labute approximate surface area is 132 Å². The zero-order chi connectivity index (χ0) is 16.9. The van der Waals surface area contributed by atoms with Crippen molar-refractivity contribution in [1.82, 2.24) is 5.32 Å². The fraction of sp³-hybridized carbons (Fsp3) is 0.438. The van der Waals surface area contributed by atoms with E-state index in [2.05, 4.69) is 6.58 Å². The van der Waals surface area contributed by atoms with Crippen LogP contribution in [0.3, 0.4) is 0 Å². The van der Waals surface area contributed by atoms with E-state index in [4.69, 9.17) is 5.11 Å². The molecule has 0 saturated carbocycles. The number of aryl methyl sites for hydroxylation is 3. The van der Waals surface area contributed by atoms with Crippen LogP contribution in [-0.4, -0.2) is 25.0 Å². The average Bonchev–Trinajstić information content (AvgIpc) is 2.50. The van der Waals surface area contributed by atoms with Crippen LogP contribution in [0.25, 0.3) is 0 Å². The van der Waals surface area contributed by atoms with Crippen molar-refractivity contribution in [3.05, 3.63) is 41.5 Å². The Morgan fingerprint density at radius 1 is 1.23 bits per heavy atom. The SMILES string of the molecule is C=CC(NC(=O)O)S(=O)(=O)c1c(CC)cc(CC)cc1CC. The lowest BCUT2D eigenvalue weighted by molar-refractivity contribution is 0.194. The lowest BCUT2D eigenvalue weighted by Gasteiger charge is -2.20. The smallest absolute Gasteiger partial charge is 0.405 e. The van der Waals surface area contributed by atoms with Crippen LogP contribution in [0.15, 0.2) is 29.7 Å². The van der Waals surface area contributed by atoms with E-state index in [0.717, 1.165) is 29.2 Å². The molecule has 0 bridgehead atoms. The highest BCUT2D eigenvalue weighted by atomic mass is 32.2. The molecule has 2 N–H and O–H groups in total. The number of nitrogens with one attached hydrogen (secondary N) is 1. The molecule has 1 rings (SSSR count). The van der Waals surface area contributed by atoms with Crippen molar-refractivity contribution < 1.29 is 18.3 Å². The second-order valence-electron chi connectivity index (χ2n) is 4.95. The predicted octanol–water partition coefficient (Wildman–Crippen LogP) is 2.93. The molecule has 0 aromatic heterocycles. The first-order valence-electron chi connectivity index (χ1n) is 7.32. The Morgan fingerprint density at radius 3 is 2.05 bits per heavy atom. The molecule has 22 heavy (non-hydrogen) atoms. The van der Waals surface area contributed by atoms with Crippen LogP contribution >= 0.6 is 0 Å². The van der Waals surface area contributed by atoms with Crippen molar-refractivity contribution in [2.75, 3.05) is 0 Å². The average molecular weight is 325 g/mol.